The van der Waals surface area contributed by atoms with Gasteiger partial charge in [0.2, 0.25) is 5.91 Å². The van der Waals surface area contributed by atoms with E-state index in [1.807, 2.05) is 25.2 Å². The average Bonchev–Trinajstić information content (AvgIpc) is 2.74. The number of hydrogen-bond donors (Lipinski definition) is 2. The van der Waals surface area contributed by atoms with E-state index in [9.17, 15) is 4.79 Å². The van der Waals surface area contributed by atoms with E-state index in [0.29, 0.717) is 18.5 Å². The van der Waals surface area contributed by atoms with Crippen LogP contribution in [0.5, 0.6) is 0 Å². The summed E-state index contributed by atoms with van der Waals surface area (Å²) in [6.07, 6.45) is 11.9. The van der Waals surface area contributed by atoms with Crippen molar-refractivity contribution in [1.82, 2.24) is 20.5 Å². The number of carbonyl (C=O) groups excluding carboxylic acids is 1. The van der Waals surface area contributed by atoms with E-state index in [1.54, 1.807) is 18.1 Å². The van der Waals surface area contributed by atoms with E-state index < -0.39 is 0 Å². The van der Waals surface area contributed by atoms with Gasteiger partial charge in [-0.3, -0.25) is 14.8 Å². The third-order valence-corrected chi connectivity index (χ3v) is 5.60. The second kappa shape index (κ2) is 14.6. The molecule has 0 saturated heterocycles. The fraction of sp³-hybridized carbons (Fsp3) is 0.682. The van der Waals surface area contributed by atoms with Gasteiger partial charge in [-0.15, -0.1) is 24.0 Å². The van der Waals surface area contributed by atoms with Crippen LogP contribution in [0, 0.1) is 5.92 Å². The standard InChI is InChI=1S/C22H37N5O.HI/c1-18(12-13-19-9-5-4-6-10-19)26-22(23-2)25-17-21(28)27(3)16-14-20-11-7-8-15-24-20;/h7-8,11,15,18-19H,4-6,9-10,12-14,16-17H2,1-3H3,(H2,23,25,26);1H. The Bertz CT molecular complexity index is 604. The van der Waals surface area contributed by atoms with E-state index in [4.69, 9.17) is 0 Å². The molecule has 2 N–H and O–H groups in total. The van der Waals surface area contributed by atoms with Gasteiger partial charge in [0.05, 0.1) is 6.54 Å². The summed E-state index contributed by atoms with van der Waals surface area (Å²) in [5.74, 6) is 1.64. The van der Waals surface area contributed by atoms with Gasteiger partial charge in [-0.25, -0.2) is 0 Å². The van der Waals surface area contributed by atoms with Crippen molar-refractivity contribution in [3.8, 4) is 0 Å². The quantitative estimate of drug-likeness (QED) is 0.300. The van der Waals surface area contributed by atoms with Crippen LogP contribution >= 0.6 is 24.0 Å². The molecule has 29 heavy (non-hydrogen) atoms. The minimum Gasteiger partial charge on any atom is -0.354 e. The second-order valence-corrected chi connectivity index (χ2v) is 7.94. The number of carbonyl (C=O) groups is 1. The van der Waals surface area contributed by atoms with Gasteiger partial charge in [0.1, 0.15) is 0 Å². The molecule has 2 rings (SSSR count). The summed E-state index contributed by atoms with van der Waals surface area (Å²) in [6, 6.07) is 6.20. The van der Waals surface area contributed by atoms with Gasteiger partial charge in [0.15, 0.2) is 5.96 Å². The Hall–Kier alpha value is -1.38. The van der Waals surface area contributed by atoms with Crippen molar-refractivity contribution < 1.29 is 4.79 Å². The Labute approximate surface area is 193 Å². The summed E-state index contributed by atoms with van der Waals surface area (Å²) < 4.78 is 0. The van der Waals surface area contributed by atoms with Crippen molar-refractivity contribution in [2.45, 2.75) is 64.3 Å². The lowest BCUT2D eigenvalue weighted by Gasteiger charge is -2.24. The van der Waals surface area contributed by atoms with Crippen molar-refractivity contribution in [3.63, 3.8) is 0 Å². The minimum absolute atomic E-state index is 0. The minimum atomic E-state index is 0. The summed E-state index contributed by atoms with van der Waals surface area (Å²) in [7, 11) is 3.58. The molecular formula is C22H38IN5O. The number of aliphatic imine (C=N–C) groups is 1. The molecule has 1 saturated carbocycles. The number of likely N-dealkylation sites (N-methyl/N-ethyl adjacent to an activating group) is 1. The Morgan fingerprint density at radius 1 is 1.31 bits per heavy atom. The first-order valence-electron chi connectivity index (χ1n) is 10.7. The fourth-order valence-corrected chi connectivity index (χ4v) is 3.71. The second-order valence-electron chi connectivity index (χ2n) is 7.94. The highest BCUT2D eigenvalue weighted by Gasteiger charge is 2.15. The van der Waals surface area contributed by atoms with E-state index in [1.165, 1.54) is 38.5 Å². The van der Waals surface area contributed by atoms with E-state index >= 15 is 0 Å². The summed E-state index contributed by atoms with van der Waals surface area (Å²) in [5, 5.41) is 6.57. The number of amides is 1. The molecule has 1 unspecified atom stereocenters. The van der Waals surface area contributed by atoms with Crippen LogP contribution in [0.4, 0.5) is 0 Å². The summed E-state index contributed by atoms with van der Waals surface area (Å²) in [4.78, 5) is 22.7. The zero-order valence-corrected chi connectivity index (χ0v) is 20.5. The molecule has 7 heteroatoms. The van der Waals surface area contributed by atoms with Gasteiger partial charge in [-0.2, -0.15) is 0 Å². The lowest BCUT2D eigenvalue weighted by molar-refractivity contribution is -0.128. The number of rotatable bonds is 9. The molecule has 6 nitrogen and oxygen atoms in total. The Morgan fingerprint density at radius 3 is 2.72 bits per heavy atom. The number of nitrogens with zero attached hydrogens (tertiary/aromatic N) is 3. The zero-order chi connectivity index (χ0) is 20.2. The summed E-state index contributed by atoms with van der Waals surface area (Å²) in [5.41, 5.74) is 0.999. The zero-order valence-electron chi connectivity index (χ0n) is 18.2. The van der Waals surface area contributed by atoms with Gasteiger partial charge < -0.3 is 15.5 Å². The number of pyridine rings is 1. The maximum Gasteiger partial charge on any atom is 0.241 e. The summed E-state index contributed by atoms with van der Waals surface area (Å²) in [6.45, 7) is 3.09. The van der Waals surface area contributed by atoms with Crippen LogP contribution in [-0.2, 0) is 11.2 Å². The Morgan fingerprint density at radius 2 is 2.07 bits per heavy atom. The Kier molecular flexibility index (Phi) is 12.9. The van der Waals surface area contributed by atoms with Crippen molar-refractivity contribution in [2.24, 2.45) is 10.9 Å². The molecule has 0 bridgehead atoms. The van der Waals surface area contributed by atoms with Crippen molar-refractivity contribution in [1.29, 1.82) is 0 Å². The lowest BCUT2D eigenvalue weighted by atomic mass is 9.85. The highest BCUT2D eigenvalue weighted by molar-refractivity contribution is 14.0. The molecular weight excluding hydrogens is 477 g/mol. The molecule has 0 aliphatic heterocycles. The SMILES string of the molecule is CN=C(NCC(=O)N(C)CCc1ccccn1)NC(C)CCC1CCCCC1.I. The molecule has 0 aromatic carbocycles. The molecule has 1 aliphatic carbocycles. The largest absolute Gasteiger partial charge is 0.354 e. The first-order valence-corrected chi connectivity index (χ1v) is 10.7. The lowest BCUT2D eigenvalue weighted by Crippen LogP contribution is -2.46. The van der Waals surface area contributed by atoms with Crippen LogP contribution in [0.1, 0.15) is 57.6 Å². The molecule has 1 heterocycles. The van der Waals surface area contributed by atoms with E-state index in [0.717, 1.165) is 24.5 Å². The molecule has 1 aromatic rings. The molecule has 1 amide bonds. The monoisotopic (exact) mass is 515 g/mol. The number of aromatic nitrogens is 1. The first-order chi connectivity index (χ1) is 13.6. The summed E-state index contributed by atoms with van der Waals surface area (Å²) >= 11 is 0. The first kappa shape index (κ1) is 25.7. The molecule has 1 aromatic heterocycles. The van der Waals surface area contributed by atoms with Crippen LogP contribution in [-0.4, -0.2) is 55.0 Å². The van der Waals surface area contributed by atoms with Gasteiger partial charge in [0.25, 0.3) is 0 Å². The molecule has 164 valence electrons. The van der Waals surface area contributed by atoms with Crippen molar-refractivity contribution in [2.75, 3.05) is 27.2 Å². The molecule has 0 radical (unpaired) electrons. The topological polar surface area (TPSA) is 69.6 Å². The van der Waals surface area contributed by atoms with Crippen molar-refractivity contribution >= 4 is 35.8 Å². The van der Waals surface area contributed by atoms with Gasteiger partial charge in [0, 0.05) is 45.0 Å². The Balaban J connectivity index is 0.00000420. The highest BCUT2D eigenvalue weighted by atomic mass is 127. The number of guanidine groups is 1. The highest BCUT2D eigenvalue weighted by Crippen LogP contribution is 2.27. The molecule has 1 aliphatic rings. The number of hydrogen-bond acceptors (Lipinski definition) is 3. The average molecular weight is 515 g/mol. The number of halogens is 1. The third kappa shape index (κ3) is 10.3. The third-order valence-electron chi connectivity index (χ3n) is 5.60. The fourth-order valence-electron chi connectivity index (χ4n) is 3.71. The van der Waals surface area contributed by atoms with Crippen LogP contribution in [0.15, 0.2) is 29.4 Å². The van der Waals surface area contributed by atoms with Gasteiger partial charge in [-0.05, 0) is 37.8 Å². The molecule has 1 fully saturated rings. The van der Waals surface area contributed by atoms with Crippen LogP contribution < -0.4 is 10.6 Å². The predicted octanol–water partition coefficient (Wildman–Crippen LogP) is 3.61. The van der Waals surface area contributed by atoms with Gasteiger partial charge >= 0.3 is 0 Å². The number of nitrogens with one attached hydrogen (secondary N) is 2. The molecule has 0 spiro atoms. The maximum atomic E-state index is 12.4. The van der Waals surface area contributed by atoms with Crippen LogP contribution in [0.3, 0.4) is 0 Å². The predicted molar refractivity (Wildman–Crippen MR) is 131 cm³/mol. The van der Waals surface area contributed by atoms with Crippen LogP contribution in [0.25, 0.3) is 0 Å². The van der Waals surface area contributed by atoms with Crippen LogP contribution in [0.2, 0.25) is 0 Å². The normalized spacial score (nSPS) is 15.9. The van der Waals surface area contributed by atoms with E-state index in [-0.39, 0.29) is 36.4 Å². The van der Waals surface area contributed by atoms with E-state index in [2.05, 4.69) is 27.5 Å². The van der Waals surface area contributed by atoms with Gasteiger partial charge in [-0.1, -0.05) is 38.2 Å². The van der Waals surface area contributed by atoms with Crippen molar-refractivity contribution in [3.05, 3.63) is 30.1 Å². The maximum absolute atomic E-state index is 12.4. The molecule has 1 atom stereocenters. The smallest absolute Gasteiger partial charge is 0.241 e.